The van der Waals surface area contributed by atoms with E-state index in [0.29, 0.717) is 5.69 Å². The number of benzene rings is 2. The summed E-state index contributed by atoms with van der Waals surface area (Å²) in [5.41, 5.74) is 1.71. The predicted molar refractivity (Wildman–Crippen MR) is 95.6 cm³/mol. The normalized spacial score (nSPS) is 13.7. The van der Waals surface area contributed by atoms with Crippen molar-refractivity contribution in [3.63, 3.8) is 0 Å². The minimum absolute atomic E-state index is 0. The van der Waals surface area contributed by atoms with Crippen LogP contribution in [0.2, 0.25) is 0 Å². The number of thioether (sulfide) groups is 1. The smallest absolute Gasteiger partial charge is 0.591 e. The first kappa shape index (κ1) is 19.7. The molecule has 25 heavy (non-hydrogen) atoms. The summed E-state index contributed by atoms with van der Waals surface area (Å²) < 4.78 is 19.4. The van der Waals surface area contributed by atoms with Gasteiger partial charge in [0.1, 0.15) is 12.4 Å². The number of rotatable bonds is 4. The summed E-state index contributed by atoms with van der Waals surface area (Å²) in [6.45, 7) is 1.81. The van der Waals surface area contributed by atoms with Crippen molar-refractivity contribution in [2.75, 3.05) is 29.5 Å². The van der Waals surface area contributed by atoms with Crippen LogP contribution in [0.15, 0.2) is 48.5 Å². The summed E-state index contributed by atoms with van der Waals surface area (Å²) in [4.78, 5) is 13.8. The van der Waals surface area contributed by atoms with E-state index in [1.165, 1.54) is 6.07 Å². The first-order chi connectivity index (χ1) is 11.7. The molecule has 2 aromatic rings. The molecule has 0 saturated carbocycles. The van der Waals surface area contributed by atoms with E-state index in [1.807, 2.05) is 47.0 Å². The van der Waals surface area contributed by atoms with Gasteiger partial charge in [-0.15, -0.1) is 5.69 Å². The summed E-state index contributed by atoms with van der Waals surface area (Å²) in [6, 6.07) is 13.9. The zero-order chi connectivity index (χ0) is 16.8. The van der Waals surface area contributed by atoms with Crippen LogP contribution in [0.3, 0.4) is 0 Å². The number of anilines is 1. The average Bonchev–Trinajstić information content (AvgIpc) is 2.62. The standard InChI is InChI=1S/C18H19FN2O2S.Li/c19-16-12-15(6-7-17(16)21-8-10-24-11-9-21)20-18(22)23-13-14-4-2-1-3-5-14;/h1-7,12H,8-11,13H2,(H,20,22);/q;+1/p-1. The Labute approximate surface area is 163 Å². The van der Waals surface area contributed by atoms with E-state index in [4.69, 9.17) is 4.74 Å². The second-order valence-corrected chi connectivity index (χ2v) is 6.61. The van der Waals surface area contributed by atoms with E-state index in [-0.39, 0.29) is 37.0 Å². The number of hydrogen-bond acceptors (Lipinski definition) is 4. The van der Waals surface area contributed by atoms with Crippen LogP contribution >= 0.6 is 11.8 Å². The SMILES string of the molecule is O=C([N-]c1ccc(N2CCSCC2)c(F)c1)OCc1ccccc1.[Li+]. The molecule has 0 atom stereocenters. The summed E-state index contributed by atoms with van der Waals surface area (Å²) in [6.07, 6.45) is -0.722. The number of carbonyl (C=O) groups excluding carboxylic acids is 1. The molecular formula is C18H18FLiN2O2S. The Morgan fingerprint density at radius 2 is 1.88 bits per heavy atom. The van der Waals surface area contributed by atoms with Gasteiger partial charge in [0.25, 0.3) is 0 Å². The molecule has 0 aromatic heterocycles. The van der Waals surface area contributed by atoms with Crippen LogP contribution in [0, 0.1) is 5.82 Å². The largest absolute Gasteiger partial charge is 1.00 e. The third-order valence-corrected chi connectivity index (χ3v) is 4.65. The van der Waals surface area contributed by atoms with Crippen molar-refractivity contribution in [3.8, 4) is 0 Å². The van der Waals surface area contributed by atoms with Gasteiger partial charge in [0.15, 0.2) is 0 Å². The molecule has 0 unspecified atom stereocenters. The Hall–Kier alpha value is -1.61. The second kappa shape index (κ2) is 9.76. The van der Waals surface area contributed by atoms with Crippen LogP contribution < -0.4 is 23.8 Å². The molecule has 1 saturated heterocycles. The van der Waals surface area contributed by atoms with E-state index >= 15 is 0 Å². The molecule has 0 radical (unpaired) electrons. The van der Waals surface area contributed by atoms with Gasteiger partial charge in [0, 0.05) is 24.6 Å². The van der Waals surface area contributed by atoms with Gasteiger partial charge in [0.05, 0.1) is 5.69 Å². The second-order valence-electron chi connectivity index (χ2n) is 5.39. The van der Waals surface area contributed by atoms with Gasteiger partial charge < -0.3 is 15.0 Å². The molecule has 1 aliphatic heterocycles. The van der Waals surface area contributed by atoms with Crippen molar-refractivity contribution in [1.29, 1.82) is 0 Å². The minimum atomic E-state index is -0.722. The number of hydrogen-bond donors (Lipinski definition) is 0. The molecule has 1 aliphatic rings. The maximum absolute atomic E-state index is 14.3. The topological polar surface area (TPSA) is 43.6 Å². The van der Waals surface area contributed by atoms with Crippen molar-refractivity contribution in [2.45, 2.75) is 6.61 Å². The summed E-state index contributed by atoms with van der Waals surface area (Å²) in [7, 11) is 0. The molecule has 0 spiro atoms. The molecule has 0 N–H and O–H groups in total. The Morgan fingerprint density at radius 3 is 2.56 bits per heavy atom. The number of nitrogens with zero attached hydrogens (tertiary/aromatic N) is 2. The number of halogens is 1. The van der Waals surface area contributed by atoms with Crippen molar-refractivity contribution in [3.05, 3.63) is 65.2 Å². The average molecular weight is 352 g/mol. The van der Waals surface area contributed by atoms with Crippen molar-refractivity contribution < 1.29 is 32.8 Å². The van der Waals surface area contributed by atoms with Crippen LogP contribution in [-0.2, 0) is 11.3 Å². The fraction of sp³-hybridized carbons (Fsp3) is 0.278. The molecule has 126 valence electrons. The first-order valence-corrected chi connectivity index (χ1v) is 8.92. The van der Waals surface area contributed by atoms with E-state index < -0.39 is 6.09 Å². The van der Waals surface area contributed by atoms with E-state index in [1.54, 1.807) is 12.1 Å². The molecular weight excluding hydrogens is 334 g/mol. The third kappa shape index (κ3) is 5.70. The van der Waals surface area contributed by atoms with E-state index in [2.05, 4.69) is 5.32 Å². The summed E-state index contributed by atoms with van der Waals surface area (Å²) in [5, 5.41) is 3.80. The van der Waals surface area contributed by atoms with Crippen LogP contribution in [0.25, 0.3) is 5.32 Å². The van der Waals surface area contributed by atoms with Crippen LogP contribution in [0.5, 0.6) is 0 Å². The van der Waals surface area contributed by atoms with Crippen molar-refractivity contribution in [2.24, 2.45) is 0 Å². The monoisotopic (exact) mass is 352 g/mol. The molecule has 7 heteroatoms. The molecule has 0 aliphatic carbocycles. The number of amides is 1. The number of ether oxygens (including phenoxy) is 1. The molecule has 4 nitrogen and oxygen atoms in total. The van der Waals surface area contributed by atoms with Gasteiger partial charge in [-0.3, -0.25) is 4.79 Å². The first-order valence-electron chi connectivity index (χ1n) is 7.77. The van der Waals surface area contributed by atoms with Gasteiger partial charge in [0.2, 0.25) is 6.09 Å². The maximum Gasteiger partial charge on any atom is 1.00 e. The van der Waals surface area contributed by atoms with Crippen LogP contribution in [-0.4, -0.2) is 30.7 Å². The quantitative estimate of drug-likeness (QED) is 0.786. The Bertz CT molecular complexity index is 697. The summed E-state index contributed by atoms with van der Waals surface area (Å²) in [5.74, 6) is 1.63. The van der Waals surface area contributed by atoms with E-state index in [9.17, 15) is 9.18 Å². The minimum Gasteiger partial charge on any atom is -0.591 e. The van der Waals surface area contributed by atoms with Gasteiger partial charge in [-0.2, -0.15) is 11.8 Å². The van der Waals surface area contributed by atoms with Crippen molar-refractivity contribution >= 4 is 29.2 Å². The Balaban J connectivity index is 0.00000225. The zero-order valence-electron chi connectivity index (χ0n) is 14.2. The summed E-state index contributed by atoms with van der Waals surface area (Å²) >= 11 is 1.87. The fourth-order valence-electron chi connectivity index (χ4n) is 2.48. The van der Waals surface area contributed by atoms with Gasteiger partial charge >= 0.3 is 18.9 Å². The molecule has 1 heterocycles. The van der Waals surface area contributed by atoms with Crippen LogP contribution in [0.1, 0.15) is 5.56 Å². The van der Waals surface area contributed by atoms with Gasteiger partial charge in [-0.1, -0.05) is 36.4 Å². The van der Waals surface area contributed by atoms with E-state index in [0.717, 1.165) is 30.2 Å². The third-order valence-electron chi connectivity index (χ3n) is 3.71. The van der Waals surface area contributed by atoms with Gasteiger partial charge in [-0.25, -0.2) is 4.39 Å². The van der Waals surface area contributed by atoms with Crippen molar-refractivity contribution in [1.82, 2.24) is 0 Å². The molecule has 2 aromatic carbocycles. The van der Waals surface area contributed by atoms with Crippen LogP contribution in [0.4, 0.5) is 20.6 Å². The van der Waals surface area contributed by atoms with Gasteiger partial charge in [-0.05, 0) is 17.7 Å². The number of carbonyl (C=O) groups is 1. The molecule has 1 amide bonds. The molecule has 3 rings (SSSR count). The fourth-order valence-corrected chi connectivity index (χ4v) is 3.39. The Kier molecular flexibility index (Phi) is 7.70. The molecule has 1 fully saturated rings. The predicted octanol–water partition coefficient (Wildman–Crippen LogP) is 1.72. The maximum atomic E-state index is 14.3. The zero-order valence-corrected chi connectivity index (χ0v) is 15.0. The Morgan fingerprint density at radius 1 is 1.16 bits per heavy atom. The molecule has 0 bridgehead atoms.